The van der Waals surface area contributed by atoms with Crippen molar-refractivity contribution < 1.29 is 8.42 Å². The predicted octanol–water partition coefficient (Wildman–Crippen LogP) is 2.60. The number of aromatic nitrogens is 2. The maximum absolute atomic E-state index is 12.2. The number of aromatic amines is 1. The molecule has 0 aliphatic rings. The second-order valence-electron chi connectivity index (χ2n) is 4.01. The molecule has 1 aromatic heterocycles. The smallest absolute Gasteiger partial charge is 0.241 e. The van der Waals surface area contributed by atoms with Gasteiger partial charge in [-0.1, -0.05) is 22.9 Å². The lowest BCUT2D eigenvalue weighted by Crippen LogP contribution is -2.29. The molecule has 0 fully saturated rings. The molecule has 7 heteroatoms. The van der Waals surface area contributed by atoms with Gasteiger partial charge in [0, 0.05) is 16.9 Å². The third-order valence-electron chi connectivity index (χ3n) is 2.68. The van der Waals surface area contributed by atoms with Crippen LogP contribution in [0.5, 0.6) is 0 Å². The van der Waals surface area contributed by atoms with Gasteiger partial charge in [-0.25, -0.2) is 18.1 Å². The van der Waals surface area contributed by atoms with Gasteiger partial charge in [-0.3, -0.25) is 0 Å². The maximum Gasteiger partial charge on any atom is 0.241 e. The zero-order valence-corrected chi connectivity index (χ0v) is 12.7. The molecule has 19 heavy (non-hydrogen) atoms. The summed E-state index contributed by atoms with van der Waals surface area (Å²) in [5.74, 6) is 0.614. The summed E-state index contributed by atoms with van der Waals surface area (Å²) in [6.07, 6.45) is 3.89. The van der Waals surface area contributed by atoms with Crippen LogP contribution >= 0.6 is 15.9 Å². The molecule has 1 atom stereocenters. The zero-order chi connectivity index (χ0) is 13.9. The van der Waals surface area contributed by atoms with Gasteiger partial charge in [0.2, 0.25) is 10.0 Å². The first-order valence-corrected chi connectivity index (χ1v) is 8.07. The molecule has 2 aromatic rings. The Morgan fingerprint density at radius 1 is 1.37 bits per heavy atom. The van der Waals surface area contributed by atoms with Crippen molar-refractivity contribution in [2.75, 3.05) is 0 Å². The number of imidazole rings is 1. The van der Waals surface area contributed by atoms with E-state index in [0.29, 0.717) is 12.2 Å². The fourth-order valence-corrected chi connectivity index (χ4v) is 3.22. The highest BCUT2D eigenvalue weighted by Crippen LogP contribution is 2.19. The Morgan fingerprint density at radius 3 is 2.58 bits per heavy atom. The van der Waals surface area contributed by atoms with Gasteiger partial charge in [0.05, 0.1) is 10.9 Å². The topological polar surface area (TPSA) is 74.8 Å². The quantitative estimate of drug-likeness (QED) is 0.876. The van der Waals surface area contributed by atoms with Crippen LogP contribution in [-0.4, -0.2) is 18.4 Å². The van der Waals surface area contributed by atoms with E-state index in [1.165, 1.54) is 0 Å². The first-order valence-electron chi connectivity index (χ1n) is 5.80. The first kappa shape index (κ1) is 14.2. The van der Waals surface area contributed by atoms with Crippen LogP contribution in [0.3, 0.4) is 0 Å². The Hall–Kier alpha value is -1.18. The zero-order valence-electron chi connectivity index (χ0n) is 10.3. The van der Waals surface area contributed by atoms with E-state index in [0.717, 1.165) is 4.47 Å². The molecule has 0 aliphatic carbocycles. The van der Waals surface area contributed by atoms with Crippen molar-refractivity contribution in [3.05, 3.63) is 47.0 Å². The molecule has 0 aliphatic heterocycles. The monoisotopic (exact) mass is 343 g/mol. The fourth-order valence-electron chi connectivity index (χ4n) is 1.67. The predicted molar refractivity (Wildman–Crippen MR) is 76.1 cm³/mol. The molecule has 2 rings (SSSR count). The Labute approximate surface area is 120 Å². The third-order valence-corrected chi connectivity index (χ3v) is 4.70. The number of nitrogens with zero attached hydrogens (tertiary/aromatic N) is 1. The summed E-state index contributed by atoms with van der Waals surface area (Å²) in [5.41, 5.74) is 0. The summed E-state index contributed by atoms with van der Waals surface area (Å²) in [7, 11) is -3.55. The van der Waals surface area contributed by atoms with E-state index in [2.05, 4.69) is 30.6 Å². The molecular weight excluding hydrogens is 330 g/mol. The molecule has 1 unspecified atom stereocenters. The van der Waals surface area contributed by atoms with Crippen LogP contribution in [0.4, 0.5) is 0 Å². The number of hydrogen-bond donors (Lipinski definition) is 2. The van der Waals surface area contributed by atoms with Crippen LogP contribution in [0.1, 0.15) is 25.2 Å². The van der Waals surface area contributed by atoms with Crippen LogP contribution in [-0.2, 0) is 10.0 Å². The van der Waals surface area contributed by atoms with E-state index in [1.807, 2.05) is 6.92 Å². The van der Waals surface area contributed by atoms with Crippen LogP contribution in [0, 0.1) is 0 Å². The van der Waals surface area contributed by atoms with Gasteiger partial charge in [0.25, 0.3) is 0 Å². The summed E-state index contributed by atoms with van der Waals surface area (Å²) in [6, 6.07) is 6.15. The van der Waals surface area contributed by atoms with Gasteiger partial charge in [-0.2, -0.15) is 0 Å². The second kappa shape index (κ2) is 5.85. The van der Waals surface area contributed by atoms with Crippen LogP contribution in [0.25, 0.3) is 0 Å². The summed E-state index contributed by atoms with van der Waals surface area (Å²) >= 11 is 3.28. The van der Waals surface area contributed by atoms with Gasteiger partial charge >= 0.3 is 0 Å². The Balaban J connectivity index is 2.23. The average Bonchev–Trinajstić information content (AvgIpc) is 2.90. The number of nitrogens with one attached hydrogen (secondary N) is 2. The van der Waals surface area contributed by atoms with E-state index < -0.39 is 10.0 Å². The van der Waals surface area contributed by atoms with Crippen molar-refractivity contribution in [1.82, 2.24) is 14.7 Å². The number of benzene rings is 1. The van der Waals surface area contributed by atoms with Crippen molar-refractivity contribution in [3.8, 4) is 0 Å². The van der Waals surface area contributed by atoms with Crippen LogP contribution < -0.4 is 4.72 Å². The van der Waals surface area contributed by atoms with Gasteiger partial charge in [-0.15, -0.1) is 0 Å². The number of sulfonamides is 1. The van der Waals surface area contributed by atoms with Crippen molar-refractivity contribution in [3.63, 3.8) is 0 Å². The van der Waals surface area contributed by atoms with E-state index in [9.17, 15) is 8.42 Å². The highest BCUT2D eigenvalue weighted by Gasteiger charge is 2.21. The largest absolute Gasteiger partial charge is 0.347 e. The number of H-pyrrole nitrogens is 1. The number of halogens is 1. The minimum Gasteiger partial charge on any atom is -0.347 e. The van der Waals surface area contributed by atoms with E-state index in [1.54, 1.807) is 36.7 Å². The molecule has 0 saturated heterocycles. The molecule has 5 nitrogen and oxygen atoms in total. The Bertz CT molecular complexity index is 624. The molecule has 0 bridgehead atoms. The number of hydrogen-bond acceptors (Lipinski definition) is 3. The highest BCUT2D eigenvalue weighted by atomic mass is 79.9. The molecule has 0 saturated carbocycles. The summed E-state index contributed by atoms with van der Waals surface area (Å²) in [5, 5.41) is 0. The van der Waals surface area contributed by atoms with Crippen molar-refractivity contribution in [1.29, 1.82) is 0 Å². The van der Waals surface area contributed by atoms with Gasteiger partial charge in [0.15, 0.2) is 0 Å². The molecule has 0 spiro atoms. The highest BCUT2D eigenvalue weighted by molar-refractivity contribution is 9.10. The van der Waals surface area contributed by atoms with E-state index in [-0.39, 0.29) is 10.9 Å². The van der Waals surface area contributed by atoms with Gasteiger partial charge < -0.3 is 4.98 Å². The SMILES string of the molecule is CCC(NS(=O)(=O)c1ccc(Br)cc1)c1ncc[nH]1. The number of rotatable bonds is 5. The molecule has 102 valence electrons. The Morgan fingerprint density at radius 2 is 2.05 bits per heavy atom. The van der Waals surface area contributed by atoms with Crippen molar-refractivity contribution in [2.45, 2.75) is 24.3 Å². The van der Waals surface area contributed by atoms with E-state index >= 15 is 0 Å². The fraction of sp³-hybridized carbons (Fsp3) is 0.250. The molecule has 0 radical (unpaired) electrons. The first-order chi connectivity index (χ1) is 9.03. The van der Waals surface area contributed by atoms with Crippen LogP contribution in [0.15, 0.2) is 46.0 Å². The molecule has 1 heterocycles. The average molecular weight is 344 g/mol. The van der Waals surface area contributed by atoms with E-state index in [4.69, 9.17) is 0 Å². The van der Waals surface area contributed by atoms with Gasteiger partial charge in [-0.05, 0) is 30.7 Å². The lowest BCUT2D eigenvalue weighted by atomic mass is 10.2. The minimum absolute atomic E-state index is 0.237. The second-order valence-corrected chi connectivity index (χ2v) is 6.64. The van der Waals surface area contributed by atoms with Crippen molar-refractivity contribution in [2.24, 2.45) is 0 Å². The normalized spacial score (nSPS) is 13.4. The summed E-state index contributed by atoms with van der Waals surface area (Å²) in [4.78, 5) is 7.25. The summed E-state index contributed by atoms with van der Waals surface area (Å²) < 4.78 is 28.0. The summed E-state index contributed by atoms with van der Waals surface area (Å²) in [6.45, 7) is 1.90. The minimum atomic E-state index is -3.55. The Kier molecular flexibility index (Phi) is 4.38. The maximum atomic E-state index is 12.2. The third kappa shape index (κ3) is 3.43. The van der Waals surface area contributed by atoms with Gasteiger partial charge in [0.1, 0.15) is 5.82 Å². The lowest BCUT2D eigenvalue weighted by Gasteiger charge is -2.15. The lowest BCUT2D eigenvalue weighted by molar-refractivity contribution is 0.539. The standard InChI is InChI=1S/C12H14BrN3O2S/c1-2-11(12-14-7-8-15-12)16-19(17,18)10-5-3-9(13)4-6-10/h3-8,11,16H,2H2,1H3,(H,14,15). The van der Waals surface area contributed by atoms with Crippen molar-refractivity contribution >= 4 is 26.0 Å². The molecule has 0 amide bonds. The molecular formula is C12H14BrN3O2S. The molecule has 1 aromatic carbocycles. The molecule has 2 N–H and O–H groups in total. The van der Waals surface area contributed by atoms with Crippen LogP contribution in [0.2, 0.25) is 0 Å².